The molecule has 0 aromatic carbocycles. The molecule has 1 N–H and O–H groups in total. The number of hydrogen-bond acceptors (Lipinski definition) is 4. The number of carboxylic acid groups (broad SMARTS) is 1. The average molecular weight is 348 g/mol. The fraction of sp³-hybridized carbons (Fsp3) is 0.846. The molecule has 1 saturated carbocycles. The Bertz CT molecular complexity index is 630. The van der Waals surface area contributed by atoms with Crippen molar-refractivity contribution in [1.82, 2.24) is 4.90 Å². The van der Waals surface area contributed by atoms with Crippen molar-refractivity contribution in [2.24, 2.45) is 10.5 Å². The summed E-state index contributed by atoms with van der Waals surface area (Å²) in [6, 6.07) is 0. The molecule has 1 spiro atoms. The minimum Gasteiger partial charge on any atom is -0.481 e. The van der Waals surface area contributed by atoms with E-state index in [0.717, 1.165) is 0 Å². The van der Waals surface area contributed by atoms with Gasteiger partial charge in [-0.05, 0) is 31.2 Å². The van der Waals surface area contributed by atoms with Gasteiger partial charge < -0.3 is 14.7 Å². The van der Waals surface area contributed by atoms with Crippen molar-refractivity contribution >= 4 is 11.9 Å². The minimum absolute atomic E-state index is 0.00846. The lowest BCUT2D eigenvalue weighted by Crippen LogP contribution is -2.59. The molecule has 0 aromatic heterocycles. The number of rotatable bonds is 3. The monoisotopic (exact) mass is 348 g/mol. The Hall–Kier alpha value is -2.00. The Morgan fingerprint density at radius 2 is 1.88 bits per heavy atom. The van der Waals surface area contributed by atoms with Gasteiger partial charge in [-0.1, -0.05) is 5.11 Å². The summed E-state index contributed by atoms with van der Waals surface area (Å²) in [7, 11) is 0. The highest BCUT2D eigenvalue weighted by atomic mass is 19.4. The van der Waals surface area contributed by atoms with Crippen LogP contribution in [0.1, 0.15) is 25.7 Å². The lowest BCUT2D eigenvalue weighted by Gasteiger charge is -2.47. The highest BCUT2D eigenvalue weighted by Gasteiger charge is 2.78. The quantitative estimate of drug-likeness (QED) is 0.476. The van der Waals surface area contributed by atoms with E-state index >= 15 is 0 Å². The molecular formula is C13H15F3N4O4. The molecule has 8 nitrogen and oxygen atoms in total. The zero-order valence-electron chi connectivity index (χ0n) is 12.5. The third-order valence-electron chi connectivity index (χ3n) is 5.46. The Morgan fingerprint density at radius 1 is 1.29 bits per heavy atom. The van der Waals surface area contributed by atoms with Gasteiger partial charge in [0, 0.05) is 18.0 Å². The molecular weight excluding hydrogens is 333 g/mol. The summed E-state index contributed by atoms with van der Waals surface area (Å²) in [6.07, 6.45) is -4.59. The number of nitrogens with zero attached hydrogens (tertiary/aromatic N) is 4. The third kappa shape index (κ3) is 2.15. The number of azide groups is 1. The third-order valence-corrected chi connectivity index (χ3v) is 5.46. The molecule has 4 aliphatic rings. The number of carbonyl (C=O) groups is 2. The smallest absolute Gasteiger partial charge is 0.471 e. The van der Waals surface area contributed by atoms with Gasteiger partial charge in [0.1, 0.15) is 5.41 Å². The maximum absolute atomic E-state index is 12.5. The van der Waals surface area contributed by atoms with Crippen LogP contribution in [-0.4, -0.2) is 58.9 Å². The number of alkyl halides is 3. The number of halogens is 3. The van der Waals surface area contributed by atoms with Crippen molar-refractivity contribution in [2.45, 2.75) is 43.1 Å². The van der Waals surface area contributed by atoms with Gasteiger partial charge in [0.25, 0.3) is 0 Å². The van der Waals surface area contributed by atoms with E-state index in [-0.39, 0.29) is 45.3 Å². The Morgan fingerprint density at radius 3 is 2.33 bits per heavy atom. The van der Waals surface area contributed by atoms with Gasteiger partial charge in [-0.3, -0.25) is 9.59 Å². The predicted octanol–water partition coefficient (Wildman–Crippen LogP) is 1.85. The minimum atomic E-state index is -4.95. The van der Waals surface area contributed by atoms with Crippen LogP contribution in [0.5, 0.6) is 0 Å². The lowest BCUT2D eigenvalue weighted by atomic mass is 9.54. The second kappa shape index (κ2) is 5.00. The first-order valence-electron chi connectivity index (χ1n) is 7.40. The highest BCUT2D eigenvalue weighted by Crippen LogP contribution is 2.69. The molecule has 1 amide bonds. The number of ether oxygens (including phenoxy) is 1. The molecule has 1 aliphatic carbocycles. The zero-order chi connectivity index (χ0) is 17.8. The second-order valence-electron chi connectivity index (χ2n) is 6.70. The van der Waals surface area contributed by atoms with E-state index in [9.17, 15) is 27.9 Å². The number of carboxylic acids is 1. The second-order valence-corrected chi connectivity index (χ2v) is 6.70. The molecule has 0 aromatic rings. The average Bonchev–Trinajstić information content (AvgIpc) is 2.89. The maximum atomic E-state index is 12.5. The molecule has 2 bridgehead atoms. The van der Waals surface area contributed by atoms with Crippen LogP contribution >= 0.6 is 0 Å². The molecule has 0 atom stereocenters. The SMILES string of the molecule is [N-]=[N+]=NCC12CC(C(=O)O)(C1)C1(CCN(C(=O)C(F)(F)F)CC1)O2. The van der Waals surface area contributed by atoms with Crippen LogP contribution in [0.15, 0.2) is 5.11 Å². The van der Waals surface area contributed by atoms with Gasteiger partial charge in [0.05, 0.1) is 17.7 Å². The number of likely N-dealkylation sites (tertiary alicyclic amines) is 1. The molecule has 24 heavy (non-hydrogen) atoms. The van der Waals surface area contributed by atoms with Gasteiger partial charge in [-0.25, -0.2) is 0 Å². The molecule has 11 heteroatoms. The van der Waals surface area contributed by atoms with E-state index in [1.165, 1.54) is 0 Å². The number of hydrogen-bond donors (Lipinski definition) is 1. The standard InChI is InChI=1S/C13H15F3N4O4/c14-13(15,16)8(21)20-3-1-12(2-4-20)11(9(22)23)5-10(6-11,24-12)7-18-19-17/h1-7H2,(H,22,23). The van der Waals surface area contributed by atoms with Crippen LogP contribution in [0, 0.1) is 5.41 Å². The molecule has 3 saturated heterocycles. The summed E-state index contributed by atoms with van der Waals surface area (Å²) in [6.45, 7) is -0.443. The van der Waals surface area contributed by atoms with Gasteiger partial charge in [0.15, 0.2) is 0 Å². The van der Waals surface area contributed by atoms with Crippen LogP contribution in [-0.2, 0) is 14.3 Å². The van der Waals surface area contributed by atoms with Crippen LogP contribution < -0.4 is 0 Å². The summed E-state index contributed by atoms with van der Waals surface area (Å²) in [5, 5.41) is 13.1. The predicted molar refractivity (Wildman–Crippen MR) is 71.7 cm³/mol. The first-order valence-corrected chi connectivity index (χ1v) is 7.40. The van der Waals surface area contributed by atoms with Crippen molar-refractivity contribution in [2.75, 3.05) is 19.6 Å². The Kier molecular flexibility index (Phi) is 3.51. The van der Waals surface area contributed by atoms with Crippen molar-refractivity contribution in [1.29, 1.82) is 0 Å². The normalized spacial score (nSPS) is 33.7. The van der Waals surface area contributed by atoms with Gasteiger partial charge in [-0.2, -0.15) is 13.2 Å². The van der Waals surface area contributed by atoms with Crippen molar-refractivity contribution in [3.63, 3.8) is 0 Å². The van der Waals surface area contributed by atoms with Crippen molar-refractivity contribution < 1.29 is 32.6 Å². The number of amides is 1. The molecule has 0 radical (unpaired) electrons. The molecule has 4 fully saturated rings. The highest BCUT2D eigenvalue weighted by molar-refractivity contribution is 5.82. The maximum Gasteiger partial charge on any atom is 0.471 e. The van der Waals surface area contributed by atoms with E-state index in [0.29, 0.717) is 4.90 Å². The molecule has 132 valence electrons. The topological polar surface area (TPSA) is 116 Å². The Labute approximate surface area is 134 Å². The largest absolute Gasteiger partial charge is 0.481 e. The molecule has 0 unspecified atom stereocenters. The van der Waals surface area contributed by atoms with E-state index < -0.39 is 34.7 Å². The summed E-state index contributed by atoms with van der Waals surface area (Å²) in [4.78, 5) is 26.4. The van der Waals surface area contributed by atoms with Gasteiger partial charge >= 0.3 is 18.1 Å². The van der Waals surface area contributed by atoms with Crippen molar-refractivity contribution in [3.05, 3.63) is 10.4 Å². The number of aliphatic carboxylic acids is 1. The van der Waals surface area contributed by atoms with Gasteiger partial charge in [0.2, 0.25) is 0 Å². The number of carbonyl (C=O) groups excluding carboxylic acids is 1. The lowest BCUT2D eigenvalue weighted by molar-refractivity contribution is -0.191. The summed E-state index contributed by atoms with van der Waals surface area (Å²) in [5.41, 5.74) is 5.27. The van der Waals surface area contributed by atoms with Gasteiger partial charge in [-0.15, -0.1) is 0 Å². The van der Waals surface area contributed by atoms with Crippen LogP contribution in [0.3, 0.4) is 0 Å². The fourth-order valence-electron chi connectivity index (χ4n) is 4.44. The number of piperidine rings is 1. The fourth-order valence-corrected chi connectivity index (χ4v) is 4.44. The van der Waals surface area contributed by atoms with E-state index in [4.69, 9.17) is 10.3 Å². The molecule has 4 rings (SSSR count). The van der Waals surface area contributed by atoms with Crippen LogP contribution in [0.2, 0.25) is 0 Å². The molecule has 3 heterocycles. The first-order chi connectivity index (χ1) is 11.1. The van der Waals surface area contributed by atoms with Crippen molar-refractivity contribution in [3.8, 4) is 0 Å². The van der Waals surface area contributed by atoms with Crippen LogP contribution in [0.4, 0.5) is 13.2 Å². The zero-order valence-corrected chi connectivity index (χ0v) is 12.5. The van der Waals surface area contributed by atoms with E-state index in [1.807, 2.05) is 0 Å². The molecule has 3 aliphatic heterocycles. The summed E-state index contributed by atoms with van der Waals surface area (Å²) < 4.78 is 43.6. The first kappa shape index (κ1) is 16.8. The van der Waals surface area contributed by atoms with E-state index in [2.05, 4.69) is 10.0 Å². The summed E-state index contributed by atoms with van der Waals surface area (Å²) >= 11 is 0. The summed E-state index contributed by atoms with van der Waals surface area (Å²) in [5.74, 6) is -2.98. The van der Waals surface area contributed by atoms with E-state index in [1.54, 1.807) is 0 Å². The Balaban J connectivity index is 1.78. The van der Waals surface area contributed by atoms with Crippen LogP contribution in [0.25, 0.3) is 10.4 Å².